The SMILES string of the molecule is CCOC(=O)c1ccccc1NC(=O)CC1CCN(C)CC1. The lowest BCUT2D eigenvalue weighted by atomic mass is 9.93. The lowest BCUT2D eigenvalue weighted by Crippen LogP contribution is -2.32. The van der Waals surface area contributed by atoms with Crippen LogP contribution in [0.15, 0.2) is 24.3 Å². The lowest BCUT2D eigenvalue weighted by molar-refractivity contribution is -0.117. The quantitative estimate of drug-likeness (QED) is 0.849. The maximum atomic E-state index is 12.2. The third-order valence-electron chi connectivity index (χ3n) is 4.01. The number of nitrogens with one attached hydrogen (secondary N) is 1. The van der Waals surface area contributed by atoms with E-state index >= 15 is 0 Å². The van der Waals surface area contributed by atoms with Crippen molar-refractivity contribution in [2.24, 2.45) is 5.92 Å². The Hall–Kier alpha value is -1.88. The molecule has 0 radical (unpaired) electrons. The van der Waals surface area contributed by atoms with Crippen LogP contribution < -0.4 is 5.32 Å². The van der Waals surface area contributed by atoms with Crippen LogP contribution in [0.2, 0.25) is 0 Å². The summed E-state index contributed by atoms with van der Waals surface area (Å²) in [5.41, 5.74) is 0.931. The van der Waals surface area contributed by atoms with Crippen molar-refractivity contribution in [1.82, 2.24) is 4.90 Å². The average molecular weight is 304 g/mol. The first-order chi connectivity index (χ1) is 10.6. The predicted molar refractivity (Wildman–Crippen MR) is 85.9 cm³/mol. The number of carbonyl (C=O) groups is 2. The van der Waals surface area contributed by atoms with E-state index in [1.54, 1.807) is 31.2 Å². The minimum Gasteiger partial charge on any atom is -0.462 e. The molecule has 1 fully saturated rings. The maximum absolute atomic E-state index is 12.2. The molecule has 0 spiro atoms. The highest BCUT2D eigenvalue weighted by molar-refractivity contribution is 6.01. The van der Waals surface area contributed by atoms with Crippen molar-refractivity contribution in [3.8, 4) is 0 Å². The summed E-state index contributed by atoms with van der Waals surface area (Å²) < 4.78 is 5.02. The Balaban J connectivity index is 1.95. The standard InChI is InChI=1S/C17H24N2O3/c1-3-22-17(21)14-6-4-5-7-15(14)18-16(20)12-13-8-10-19(2)11-9-13/h4-7,13H,3,8-12H2,1-2H3,(H,18,20). The van der Waals surface area contributed by atoms with E-state index in [0.29, 0.717) is 30.2 Å². The average Bonchev–Trinajstić information content (AvgIpc) is 2.50. The van der Waals surface area contributed by atoms with Crippen LogP contribution in [0, 0.1) is 5.92 Å². The molecule has 1 aromatic carbocycles. The summed E-state index contributed by atoms with van der Waals surface area (Å²) in [5, 5.41) is 2.85. The van der Waals surface area contributed by atoms with Crippen molar-refractivity contribution in [3.05, 3.63) is 29.8 Å². The minimum absolute atomic E-state index is 0.0358. The molecule has 22 heavy (non-hydrogen) atoms. The number of hydrogen-bond donors (Lipinski definition) is 1. The van der Waals surface area contributed by atoms with Crippen LogP contribution in [0.5, 0.6) is 0 Å². The molecule has 0 bridgehead atoms. The number of piperidine rings is 1. The first kappa shape index (κ1) is 16.5. The van der Waals surface area contributed by atoms with Gasteiger partial charge in [0.25, 0.3) is 0 Å². The summed E-state index contributed by atoms with van der Waals surface area (Å²) in [5.74, 6) is -0.0186. The number of ether oxygens (including phenoxy) is 1. The van der Waals surface area contributed by atoms with E-state index in [1.807, 2.05) is 0 Å². The number of rotatable bonds is 5. The molecule has 1 amide bonds. The van der Waals surface area contributed by atoms with Crippen molar-refractivity contribution in [1.29, 1.82) is 0 Å². The fourth-order valence-electron chi connectivity index (χ4n) is 2.71. The minimum atomic E-state index is -0.405. The van der Waals surface area contributed by atoms with Gasteiger partial charge >= 0.3 is 5.97 Å². The van der Waals surface area contributed by atoms with Gasteiger partial charge in [0, 0.05) is 6.42 Å². The van der Waals surface area contributed by atoms with E-state index in [2.05, 4.69) is 17.3 Å². The first-order valence-electron chi connectivity index (χ1n) is 7.84. The number of benzene rings is 1. The Morgan fingerprint density at radius 3 is 2.64 bits per heavy atom. The second-order valence-electron chi connectivity index (χ2n) is 5.77. The van der Waals surface area contributed by atoms with E-state index in [9.17, 15) is 9.59 Å². The molecule has 0 atom stereocenters. The Morgan fingerprint density at radius 1 is 1.27 bits per heavy atom. The number of hydrogen-bond acceptors (Lipinski definition) is 4. The zero-order valence-corrected chi connectivity index (χ0v) is 13.3. The highest BCUT2D eigenvalue weighted by Crippen LogP contribution is 2.21. The van der Waals surface area contributed by atoms with Crippen LogP contribution in [0.3, 0.4) is 0 Å². The number of para-hydroxylation sites is 1. The smallest absolute Gasteiger partial charge is 0.340 e. The van der Waals surface area contributed by atoms with Crippen LogP contribution in [0.1, 0.15) is 36.5 Å². The van der Waals surface area contributed by atoms with E-state index in [0.717, 1.165) is 25.9 Å². The van der Waals surface area contributed by atoms with Crippen LogP contribution >= 0.6 is 0 Å². The summed E-state index contributed by atoms with van der Waals surface area (Å²) in [7, 11) is 2.10. The van der Waals surface area contributed by atoms with Gasteiger partial charge in [-0.05, 0) is 58.0 Å². The summed E-state index contributed by atoms with van der Waals surface area (Å²) in [4.78, 5) is 26.4. The van der Waals surface area contributed by atoms with Gasteiger partial charge in [0.2, 0.25) is 5.91 Å². The molecule has 1 aliphatic rings. The third-order valence-corrected chi connectivity index (χ3v) is 4.01. The number of likely N-dealkylation sites (tertiary alicyclic amines) is 1. The summed E-state index contributed by atoms with van der Waals surface area (Å²) in [6.07, 6.45) is 2.60. The maximum Gasteiger partial charge on any atom is 0.340 e. The van der Waals surface area contributed by atoms with Crippen LogP contribution in [-0.4, -0.2) is 43.5 Å². The van der Waals surface area contributed by atoms with Crippen molar-refractivity contribution < 1.29 is 14.3 Å². The van der Waals surface area contributed by atoms with E-state index < -0.39 is 5.97 Å². The summed E-state index contributed by atoms with van der Waals surface area (Å²) in [6, 6.07) is 6.97. The molecule has 1 aliphatic heterocycles. The molecule has 0 saturated carbocycles. The van der Waals surface area contributed by atoms with E-state index in [4.69, 9.17) is 4.74 Å². The zero-order chi connectivity index (χ0) is 15.9. The molecule has 5 heteroatoms. The van der Waals surface area contributed by atoms with Crippen LogP contribution in [0.25, 0.3) is 0 Å². The molecule has 1 aromatic rings. The predicted octanol–water partition coefficient (Wildman–Crippen LogP) is 2.53. The topological polar surface area (TPSA) is 58.6 Å². The normalized spacial score (nSPS) is 16.3. The van der Waals surface area contributed by atoms with Gasteiger partial charge in [-0.3, -0.25) is 4.79 Å². The Labute approximate surface area is 131 Å². The first-order valence-corrected chi connectivity index (χ1v) is 7.84. The monoisotopic (exact) mass is 304 g/mol. The molecular formula is C17H24N2O3. The van der Waals surface area contributed by atoms with E-state index in [1.165, 1.54) is 0 Å². The van der Waals surface area contributed by atoms with E-state index in [-0.39, 0.29) is 5.91 Å². The highest BCUT2D eigenvalue weighted by atomic mass is 16.5. The van der Waals surface area contributed by atoms with Gasteiger partial charge in [0.05, 0.1) is 17.9 Å². The lowest BCUT2D eigenvalue weighted by Gasteiger charge is -2.28. The van der Waals surface area contributed by atoms with Gasteiger partial charge in [0.15, 0.2) is 0 Å². The molecule has 120 valence electrons. The van der Waals surface area contributed by atoms with Gasteiger partial charge in [0.1, 0.15) is 0 Å². The second kappa shape index (κ2) is 7.94. The molecule has 1 heterocycles. The van der Waals surface area contributed by atoms with Gasteiger partial charge in [-0.15, -0.1) is 0 Å². The van der Waals surface area contributed by atoms with Crippen molar-refractivity contribution in [3.63, 3.8) is 0 Å². The fourth-order valence-corrected chi connectivity index (χ4v) is 2.71. The second-order valence-corrected chi connectivity index (χ2v) is 5.77. The van der Waals surface area contributed by atoms with Crippen LogP contribution in [-0.2, 0) is 9.53 Å². The van der Waals surface area contributed by atoms with Gasteiger partial charge in [-0.25, -0.2) is 4.79 Å². The highest BCUT2D eigenvalue weighted by Gasteiger charge is 2.20. The third kappa shape index (κ3) is 4.56. The molecular weight excluding hydrogens is 280 g/mol. The molecule has 0 unspecified atom stereocenters. The molecule has 1 N–H and O–H groups in total. The Kier molecular flexibility index (Phi) is 5.95. The van der Waals surface area contributed by atoms with Gasteiger partial charge in [-0.1, -0.05) is 12.1 Å². The van der Waals surface area contributed by atoms with Crippen molar-refractivity contribution >= 4 is 17.6 Å². The molecule has 1 saturated heterocycles. The molecule has 0 aromatic heterocycles. The molecule has 5 nitrogen and oxygen atoms in total. The summed E-state index contributed by atoms with van der Waals surface area (Å²) in [6.45, 7) is 4.16. The zero-order valence-electron chi connectivity index (χ0n) is 13.3. The number of esters is 1. The number of nitrogens with zero attached hydrogens (tertiary/aromatic N) is 1. The van der Waals surface area contributed by atoms with Gasteiger partial charge < -0.3 is 15.0 Å². The fraction of sp³-hybridized carbons (Fsp3) is 0.529. The molecule has 0 aliphatic carbocycles. The molecule has 2 rings (SSSR count). The van der Waals surface area contributed by atoms with Gasteiger partial charge in [-0.2, -0.15) is 0 Å². The van der Waals surface area contributed by atoms with Crippen molar-refractivity contribution in [2.45, 2.75) is 26.2 Å². The number of amides is 1. The Morgan fingerprint density at radius 2 is 1.95 bits per heavy atom. The largest absolute Gasteiger partial charge is 0.462 e. The van der Waals surface area contributed by atoms with Crippen LogP contribution in [0.4, 0.5) is 5.69 Å². The van der Waals surface area contributed by atoms with Crippen molar-refractivity contribution in [2.75, 3.05) is 32.1 Å². The number of anilines is 1. The Bertz CT molecular complexity index is 522. The summed E-state index contributed by atoms with van der Waals surface area (Å²) >= 11 is 0. The number of carbonyl (C=O) groups excluding carboxylic acids is 2.